The average Bonchev–Trinajstić information content (AvgIpc) is 2.53. The Balaban J connectivity index is 1.95. The lowest BCUT2D eigenvalue weighted by molar-refractivity contribution is -0.131. The number of methoxy groups -OCH3 is 1. The van der Waals surface area contributed by atoms with Gasteiger partial charge >= 0.3 is 0 Å². The molecular formula is C15H19BrN2O3. The summed E-state index contributed by atoms with van der Waals surface area (Å²) in [5, 5.41) is 3.20. The third-order valence-corrected chi connectivity index (χ3v) is 3.99. The van der Waals surface area contributed by atoms with Crippen LogP contribution < -0.4 is 10.1 Å². The highest BCUT2D eigenvalue weighted by molar-refractivity contribution is 9.10. The molecule has 1 aromatic rings. The fraction of sp³-hybridized carbons (Fsp3) is 0.467. The fourth-order valence-electron chi connectivity index (χ4n) is 2.33. The summed E-state index contributed by atoms with van der Waals surface area (Å²) in [5.74, 6) is 0.508. The molecule has 0 saturated carbocycles. The Morgan fingerprint density at radius 2 is 2.00 bits per heavy atom. The Kier molecular flexibility index (Phi) is 5.76. The molecule has 0 aliphatic carbocycles. The minimum Gasteiger partial charge on any atom is -0.496 e. The third kappa shape index (κ3) is 4.28. The molecule has 6 heteroatoms. The van der Waals surface area contributed by atoms with E-state index in [1.165, 1.54) is 7.11 Å². The van der Waals surface area contributed by atoms with Crippen molar-refractivity contribution in [1.82, 2.24) is 10.2 Å². The molecule has 0 aromatic heterocycles. The number of rotatable bonds is 5. The highest BCUT2D eigenvalue weighted by Gasteiger charge is 2.19. The van der Waals surface area contributed by atoms with Crippen LogP contribution in [0.2, 0.25) is 0 Å². The van der Waals surface area contributed by atoms with E-state index in [9.17, 15) is 9.59 Å². The van der Waals surface area contributed by atoms with E-state index in [2.05, 4.69) is 21.2 Å². The second-order valence-electron chi connectivity index (χ2n) is 4.90. The fourth-order valence-corrected chi connectivity index (χ4v) is 2.69. The minimum absolute atomic E-state index is 0.0406. The van der Waals surface area contributed by atoms with Crippen molar-refractivity contribution in [1.29, 1.82) is 0 Å². The lowest BCUT2D eigenvalue weighted by atomic mass is 10.0. The number of piperazine rings is 1. The number of nitrogens with zero attached hydrogens (tertiary/aromatic N) is 1. The summed E-state index contributed by atoms with van der Waals surface area (Å²) in [5.41, 5.74) is 0.514. The number of carbonyl (C=O) groups excluding carboxylic acids is 2. The van der Waals surface area contributed by atoms with Crippen molar-refractivity contribution < 1.29 is 14.3 Å². The van der Waals surface area contributed by atoms with Gasteiger partial charge < -0.3 is 15.0 Å². The number of amides is 1. The Bertz CT molecular complexity index is 528. The highest BCUT2D eigenvalue weighted by Crippen LogP contribution is 2.24. The van der Waals surface area contributed by atoms with Gasteiger partial charge in [-0.1, -0.05) is 15.9 Å². The van der Waals surface area contributed by atoms with Crippen molar-refractivity contribution in [2.24, 2.45) is 0 Å². The van der Waals surface area contributed by atoms with Gasteiger partial charge in [0.05, 0.1) is 12.7 Å². The molecule has 1 amide bonds. The number of hydrogen-bond donors (Lipinski definition) is 1. The van der Waals surface area contributed by atoms with Crippen molar-refractivity contribution in [3.05, 3.63) is 28.2 Å². The molecule has 1 saturated heterocycles. The molecule has 2 rings (SSSR count). The van der Waals surface area contributed by atoms with Crippen molar-refractivity contribution in [3.63, 3.8) is 0 Å². The summed E-state index contributed by atoms with van der Waals surface area (Å²) in [7, 11) is 1.53. The molecule has 1 N–H and O–H groups in total. The van der Waals surface area contributed by atoms with Gasteiger partial charge in [0.2, 0.25) is 5.91 Å². The molecule has 0 unspecified atom stereocenters. The van der Waals surface area contributed by atoms with E-state index in [-0.39, 0.29) is 24.5 Å². The van der Waals surface area contributed by atoms with Gasteiger partial charge in [-0.15, -0.1) is 0 Å². The van der Waals surface area contributed by atoms with E-state index >= 15 is 0 Å². The quantitative estimate of drug-likeness (QED) is 0.819. The summed E-state index contributed by atoms with van der Waals surface area (Å²) in [4.78, 5) is 26.1. The molecule has 1 fully saturated rings. The monoisotopic (exact) mass is 354 g/mol. The van der Waals surface area contributed by atoms with E-state index in [4.69, 9.17) is 4.74 Å². The maximum Gasteiger partial charge on any atom is 0.223 e. The Hall–Kier alpha value is -1.40. The van der Waals surface area contributed by atoms with Crippen molar-refractivity contribution in [2.75, 3.05) is 33.3 Å². The van der Waals surface area contributed by atoms with Gasteiger partial charge in [-0.3, -0.25) is 9.59 Å². The molecule has 0 radical (unpaired) electrons. The zero-order chi connectivity index (χ0) is 15.2. The highest BCUT2D eigenvalue weighted by atomic mass is 79.9. The number of Topliss-reactive ketones (excluding diaryl/α,β-unsaturated/α-hetero) is 1. The smallest absolute Gasteiger partial charge is 0.223 e. The lowest BCUT2D eigenvalue weighted by Gasteiger charge is -2.27. The van der Waals surface area contributed by atoms with E-state index < -0.39 is 0 Å². The minimum atomic E-state index is -0.0726. The first-order valence-corrected chi connectivity index (χ1v) is 7.76. The zero-order valence-corrected chi connectivity index (χ0v) is 13.6. The number of hydrogen-bond acceptors (Lipinski definition) is 4. The van der Waals surface area contributed by atoms with Crippen LogP contribution in [0, 0.1) is 0 Å². The number of nitrogens with one attached hydrogen (secondary N) is 1. The van der Waals surface area contributed by atoms with Gasteiger partial charge in [0.15, 0.2) is 5.78 Å². The summed E-state index contributed by atoms with van der Waals surface area (Å²) in [6, 6.07) is 5.30. The van der Waals surface area contributed by atoms with Crippen LogP contribution in [0.5, 0.6) is 5.75 Å². The topological polar surface area (TPSA) is 58.6 Å². The number of benzene rings is 1. The van der Waals surface area contributed by atoms with Gasteiger partial charge in [0.1, 0.15) is 5.75 Å². The second-order valence-corrected chi connectivity index (χ2v) is 5.81. The van der Waals surface area contributed by atoms with Crippen molar-refractivity contribution in [2.45, 2.75) is 12.8 Å². The lowest BCUT2D eigenvalue weighted by Crippen LogP contribution is -2.46. The first kappa shape index (κ1) is 16.0. The van der Waals surface area contributed by atoms with Crippen molar-refractivity contribution in [3.8, 4) is 5.75 Å². The molecule has 114 valence electrons. The van der Waals surface area contributed by atoms with Crippen LogP contribution >= 0.6 is 15.9 Å². The van der Waals surface area contributed by atoms with Crippen LogP contribution in [0.1, 0.15) is 23.2 Å². The molecule has 0 bridgehead atoms. The predicted molar refractivity (Wildman–Crippen MR) is 83.7 cm³/mol. The molecule has 0 atom stereocenters. The maximum atomic E-state index is 12.3. The van der Waals surface area contributed by atoms with E-state index in [0.29, 0.717) is 24.4 Å². The summed E-state index contributed by atoms with van der Waals surface area (Å²) < 4.78 is 6.02. The van der Waals surface area contributed by atoms with E-state index in [0.717, 1.165) is 17.6 Å². The molecular weight excluding hydrogens is 336 g/mol. The third-order valence-electron chi connectivity index (χ3n) is 3.50. The average molecular weight is 355 g/mol. The van der Waals surface area contributed by atoms with Gasteiger partial charge in [0.25, 0.3) is 0 Å². The number of halogens is 1. The summed E-state index contributed by atoms with van der Waals surface area (Å²) >= 11 is 3.35. The molecule has 1 aliphatic rings. The van der Waals surface area contributed by atoms with Crippen molar-refractivity contribution >= 4 is 27.6 Å². The van der Waals surface area contributed by atoms with Crippen LogP contribution in [0.25, 0.3) is 0 Å². The normalized spacial score (nSPS) is 14.9. The van der Waals surface area contributed by atoms with Crippen LogP contribution in [0.15, 0.2) is 22.7 Å². The van der Waals surface area contributed by atoms with Gasteiger partial charge in [-0.2, -0.15) is 0 Å². The van der Waals surface area contributed by atoms with Crippen LogP contribution in [-0.4, -0.2) is 49.9 Å². The zero-order valence-electron chi connectivity index (χ0n) is 12.0. The van der Waals surface area contributed by atoms with Crippen LogP contribution in [0.4, 0.5) is 0 Å². The second kappa shape index (κ2) is 7.56. The van der Waals surface area contributed by atoms with E-state index in [1.54, 1.807) is 12.1 Å². The van der Waals surface area contributed by atoms with Gasteiger partial charge in [0, 0.05) is 43.5 Å². The van der Waals surface area contributed by atoms with Gasteiger partial charge in [-0.25, -0.2) is 0 Å². The first-order valence-electron chi connectivity index (χ1n) is 6.97. The Morgan fingerprint density at radius 3 is 2.67 bits per heavy atom. The van der Waals surface area contributed by atoms with Crippen LogP contribution in [0.3, 0.4) is 0 Å². The first-order chi connectivity index (χ1) is 10.1. The molecule has 1 aliphatic heterocycles. The predicted octanol–water partition coefficient (Wildman–Crippen LogP) is 1.85. The largest absolute Gasteiger partial charge is 0.496 e. The molecule has 5 nitrogen and oxygen atoms in total. The molecule has 1 aromatic carbocycles. The number of carbonyl (C=O) groups is 2. The maximum absolute atomic E-state index is 12.3. The summed E-state index contributed by atoms with van der Waals surface area (Å²) in [6.45, 7) is 3.07. The van der Waals surface area contributed by atoms with E-state index in [1.807, 2.05) is 11.0 Å². The number of ether oxygens (including phenoxy) is 1. The molecule has 21 heavy (non-hydrogen) atoms. The Morgan fingerprint density at radius 1 is 1.29 bits per heavy atom. The van der Waals surface area contributed by atoms with Gasteiger partial charge in [-0.05, 0) is 18.2 Å². The molecule has 0 spiro atoms. The standard InChI is InChI=1S/C15H19BrN2O3/c1-21-14-4-2-11(16)10-12(14)13(19)3-5-15(20)18-8-6-17-7-9-18/h2,4,10,17H,3,5-9H2,1H3. The van der Waals surface area contributed by atoms with Crippen LogP contribution in [-0.2, 0) is 4.79 Å². The number of ketones is 1. The molecule has 1 heterocycles. The summed E-state index contributed by atoms with van der Waals surface area (Å²) in [6.07, 6.45) is 0.448. The SMILES string of the molecule is COc1ccc(Br)cc1C(=O)CCC(=O)N1CCNCC1. The Labute approximate surface area is 132 Å².